The number of benzene rings is 1. The summed E-state index contributed by atoms with van der Waals surface area (Å²) in [6.45, 7) is 1.41. The van der Waals surface area contributed by atoms with Crippen LogP contribution in [0.3, 0.4) is 0 Å². The number of carbonyl (C=O) groups excluding carboxylic acids is 1. The minimum atomic E-state index is -3.17. The van der Waals surface area contributed by atoms with Gasteiger partial charge in [0.25, 0.3) is 5.91 Å². The van der Waals surface area contributed by atoms with Crippen molar-refractivity contribution in [3.05, 3.63) is 47.5 Å². The molecular formula is C14H18NO5P. The average molecular weight is 311 g/mol. The summed E-state index contributed by atoms with van der Waals surface area (Å²) in [6.07, 6.45) is 2.19. The highest BCUT2D eigenvalue weighted by Gasteiger charge is 2.30. The molecule has 2 atom stereocenters. The number of hydrogen-bond acceptors (Lipinski definition) is 4. The summed E-state index contributed by atoms with van der Waals surface area (Å²) < 4.78 is 17.6. The molecule has 1 rings (SSSR count). The first-order valence-electron chi connectivity index (χ1n) is 6.18. The summed E-state index contributed by atoms with van der Waals surface area (Å²) in [5.74, 6) is -1.50. The number of amides is 1. The van der Waals surface area contributed by atoms with Crippen LogP contribution in [0.25, 0.3) is 0 Å². The van der Waals surface area contributed by atoms with Gasteiger partial charge >= 0.3 is 5.97 Å². The molecule has 1 amide bonds. The summed E-state index contributed by atoms with van der Waals surface area (Å²) in [5.41, 5.74) is -0.0201. The van der Waals surface area contributed by atoms with E-state index in [1.54, 1.807) is 24.3 Å². The van der Waals surface area contributed by atoms with Gasteiger partial charge in [0.05, 0.1) is 5.66 Å². The Hall–Kier alpha value is -1.91. The molecule has 0 aromatic heterocycles. The topological polar surface area (TPSA) is 92.7 Å². The molecule has 114 valence electrons. The smallest absolute Gasteiger partial charge is 0.328 e. The monoisotopic (exact) mass is 311 g/mol. The molecule has 0 heterocycles. The van der Waals surface area contributed by atoms with Gasteiger partial charge in [-0.05, 0) is 11.6 Å². The van der Waals surface area contributed by atoms with Gasteiger partial charge in [-0.2, -0.15) is 0 Å². The molecule has 2 unspecified atom stereocenters. The third kappa shape index (κ3) is 4.28. The average Bonchev–Trinajstić information content (AvgIpc) is 2.46. The molecule has 0 aliphatic carbocycles. The van der Waals surface area contributed by atoms with Crippen molar-refractivity contribution in [2.45, 2.75) is 5.66 Å². The molecule has 0 saturated carbocycles. The van der Waals surface area contributed by atoms with Crippen LogP contribution in [0.15, 0.2) is 36.4 Å². The van der Waals surface area contributed by atoms with Crippen LogP contribution >= 0.6 is 7.37 Å². The number of nitrogens with one attached hydrogen (secondary N) is 1. The molecule has 7 heteroatoms. The molecule has 21 heavy (non-hydrogen) atoms. The van der Waals surface area contributed by atoms with Crippen molar-refractivity contribution >= 4 is 19.2 Å². The zero-order chi connectivity index (χ0) is 16.0. The summed E-state index contributed by atoms with van der Waals surface area (Å²) >= 11 is 0. The summed E-state index contributed by atoms with van der Waals surface area (Å²) in [6, 6.07) is 6.60. The molecular weight excluding hydrogens is 293 g/mol. The van der Waals surface area contributed by atoms with E-state index in [-0.39, 0.29) is 5.91 Å². The summed E-state index contributed by atoms with van der Waals surface area (Å²) in [7, 11) is -0.383. The Kier molecular flexibility index (Phi) is 5.88. The number of carbonyl (C=O) groups is 2. The van der Waals surface area contributed by atoms with E-state index in [1.807, 2.05) is 0 Å². The summed E-state index contributed by atoms with van der Waals surface area (Å²) in [4.78, 5) is 22.6. The molecule has 0 saturated heterocycles. The lowest BCUT2D eigenvalue weighted by Crippen LogP contribution is -2.20. The second-order valence-corrected chi connectivity index (χ2v) is 7.14. The predicted molar refractivity (Wildman–Crippen MR) is 79.9 cm³/mol. The quantitative estimate of drug-likeness (QED) is 0.621. The van der Waals surface area contributed by atoms with E-state index in [9.17, 15) is 14.2 Å². The van der Waals surface area contributed by atoms with Gasteiger partial charge in [0.2, 0.25) is 7.37 Å². The van der Waals surface area contributed by atoms with Gasteiger partial charge in [-0.15, -0.1) is 0 Å². The van der Waals surface area contributed by atoms with Crippen LogP contribution in [0.2, 0.25) is 0 Å². The van der Waals surface area contributed by atoms with E-state index in [4.69, 9.17) is 9.63 Å². The number of rotatable bonds is 6. The maximum atomic E-state index is 12.6. The molecule has 0 aliphatic heterocycles. The van der Waals surface area contributed by atoms with E-state index in [2.05, 4.69) is 5.32 Å². The highest BCUT2D eigenvalue weighted by Crippen LogP contribution is 2.57. The van der Waals surface area contributed by atoms with Gasteiger partial charge in [-0.1, -0.05) is 24.3 Å². The van der Waals surface area contributed by atoms with Crippen LogP contribution in [-0.4, -0.2) is 37.8 Å². The number of carboxylic acids is 1. The molecule has 0 spiro atoms. The van der Waals surface area contributed by atoms with Crippen LogP contribution in [0, 0.1) is 0 Å². The lowest BCUT2D eigenvalue weighted by molar-refractivity contribution is -0.131. The molecule has 0 bridgehead atoms. The fourth-order valence-electron chi connectivity index (χ4n) is 1.90. The number of carboxylic acid groups (broad SMARTS) is 1. The Labute approximate surface area is 123 Å². The maximum Gasteiger partial charge on any atom is 0.328 e. The van der Waals surface area contributed by atoms with Gasteiger partial charge in [0, 0.05) is 32.5 Å². The minimum Gasteiger partial charge on any atom is -0.478 e. The fourth-order valence-corrected chi connectivity index (χ4v) is 3.25. The highest BCUT2D eigenvalue weighted by molar-refractivity contribution is 7.58. The van der Waals surface area contributed by atoms with E-state index in [0.717, 1.165) is 6.08 Å². The van der Waals surface area contributed by atoms with Crippen molar-refractivity contribution in [2.24, 2.45) is 0 Å². The van der Waals surface area contributed by atoms with E-state index in [1.165, 1.54) is 26.9 Å². The molecule has 0 radical (unpaired) electrons. The zero-order valence-electron chi connectivity index (χ0n) is 12.1. The lowest BCUT2D eigenvalue weighted by Gasteiger charge is -2.22. The Bertz CT molecular complexity index is 611. The second kappa shape index (κ2) is 7.20. The van der Waals surface area contributed by atoms with E-state index < -0.39 is 19.0 Å². The van der Waals surface area contributed by atoms with E-state index >= 15 is 0 Å². The fraction of sp³-hybridized carbons (Fsp3) is 0.286. The first kappa shape index (κ1) is 17.1. The molecule has 0 fully saturated rings. The first-order chi connectivity index (χ1) is 9.83. The molecule has 1 aromatic carbocycles. The predicted octanol–water partition coefficient (Wildman–Crippen LogP) is 2.28. The Morgan fingerprint density at radius 3 is 2.52 bits per heavy atom. The van der Waals surface area contributed by atoms with Gasteiger partial charge in [-0.3, -0.25) is 9.36 Å². The van der Waals surface area contributed by atoms with Crippen LogP contribution in [0.1, 0.15) is 21.6 Å². The van der Waals surface area contributed by atoms with Gasteiger partial charge < -0.3 is 14.9 Å². The van der Waals surface area contributed by atoms with Crippen molar-refractivity contribution in [1.29, 1.82) is 0 Å². The second-order valence-electron chi connectivity index (χ2n) is 4.40. The van der Waals surface area contributed by atoms with Gasteiger partial charge in [-0.25, -0.2) is 4.79 Å². The molecule has 2 N–H and O–H groups in total. The Balaban J connectivity index is 3.43. The molecule has 1 aromatic rings. The zero-order valence-corrected chi connectivity index (χ0v) is 13.0. The number of hydrogen-bond donors (Lipinski definition) is 2. The van der Waals surface area contributed by atoms with Crippen molar-refractivity contribution in [2.75, 3.05) is 20.8 Å². The lowest BCUT2D eigenvalue weighted by atomic mass is 10.0. The van der Waals surface area contributed by atoms with Crippen molar-refractivity contribution < 1.29 is 23.8 Å². The Morgan fingerprint density at radius 1 is 1.38 bits per heavy atom. The van der Waals surface area contributed by atoms with Gasteiger partial charge in [0.1, 0.15) is 0 Å². The van der Waals surface area contributed by atoms with Crippen LogP contribution in [0.4, 0.5) is 0 Å². The maximum absolute atomic E-state index is 12.6. The highest BCUT2D eigenvalue weighted by atomic mass is 31.2. The number of aliphatic carboxylic acids is 1. The molecule has 0 aliphatic rings. The van der Waals surface area contributed by atoms with Crippen LogP contribution in [0.5, 0.6) is 0 Å². The largest absolute Gasteiger partial charge is 0.478 e. The Morgan fingerprint density at radius 2 is 2.00 bits per heavy atom. The first-order valence-corrected chi connectivity index (χ1v) is 8.32. The van der Waals surface area contributed by atoms with Crippen molar-refractivity contribution in [3.8, 4) is 0 Å². The van der Waals surface area contributed by atoms with Crippen LogP contribution in [-0.2, 0) is 13.9 Å². The van der Waals surface area contributed by atoms with E-state index in [0.29, 0.717) is 11.1 Å². The normalized spacial score (nSPS) is 15.4. The summed E-state index contributed by atoms with van der Waals surface area (Å²) in [5, 5.41) is 11.3. The standard InChI is InChI=1S/C14H18NO5P/c1-15-14(18)11-7-5-4-6-10(11)12(8-9-13(16)17)21(3,19)20-2/h4-9,12H,1-3H3,(H,15,18)(H,16,17). The third-order valence-corrected chi connectivity index (χ3v) is 5.23. The third-order valence-electron chi connectivity index (χ3n) is 3.04. The van der Waals surface area contributed by atoms with Crippen molar-refractivity contribution in [1.82, 2.24) is 5.32 Å². The van der Waals surface area contributed by atoms with Crippen molar-refractivity contribution in [3.63, 3.8) is 0 Å². The minimum absolute atomic E-state index is 0.333. The van der Waals surface area contributed by atoms with Crippen LogP contribution < -0.4 is 5.32 Å². The van der Waals surface area contributed by atoms with Gasteiger partial charge in [0.15, 0.2) is 0 Å². The number of allylic oxidation sites excluding steroid dienone is 1. The molecule has 6 nitrogen and oxygen atoms in total. The SMILES string of the molecule is CNC(=O)c1ccccc1C(C=CC(=O)O)P(C)(=O)OC.